The number of Topliss-reactive ketones (excluding diaryl/α,β-unsaturated/α-hetero) is 1. The van der Waals surface area contributed by atoms with Gasteiger partial charge in [0, 0.05) is 5.56 Å². The van der Waals surface area contributed by atoms with Crippen molar-refractivity contribution in [3.8, 4) is 17.2 Å². The second-order valence-electron chi connectivity index (χ2n) is 9.84. The molecule has 0 saturated heterocycles. The van der Waals surface area contributed by atoms with Gasteiger partial charge in [0.2, 0.25) is 0 Å². The summed E-state index contributed by atoms with van der Waals surface area (Å²) >= 11 is 0. The van der Waals surface area contributed by atoms with E-state index in [9.17, 15) is 34.5 Å². The van der Waals surface area contributed by atoms with Crippen molar-refractivity contribution >= 4 is 34.5 Å². The molecule has 0 aliphatic heterocycles. The number of carbonyl (C=O) groups is 4. The van der Waals surface area contributed by atoms with Gasteiger partial charge in [-0.3, -0.25) is 19.2 Å². The summed E-state index contributed by atoms with van der Waals surface area (Å²) in [5.41, 5.74) is -2.79. The first-order valence-electron chi connectivity index (χ1n) is 12.1. The molecule has 8 heteroatoms. The Kier molecular flexibility index (Phi) is 4.23. The van der Waals surface area contributed by atoms with Crippen LogP contribution >= 0.6 is 0 Å². The van der Waals surface area contributed by atoms with Gasteiger partial charge >= 0.3 is 5.97 Å². The number of esters is 1. The lowest BCUT2D eigenvalue weighted by molar-refractivity contribution is -0.148. The smallest absolute Gasteiger partial charge is 0.325 e. The highest BCUT2D eigenvalue weighted by Crippen LogP contribution is 2.69. The average Bonchev–Trinajstić information content (AvgIpc) is 3.20. The second-order valence-corrected chi connectivity index (χ2v) is 9.84. The molecule has 1 spiro atoms. The van der Waals surface area contributed by atoms with E-state index >= 15 is 0 Å². The molecule has 3 aromatic carbocycles. The topological polar surface area (TPSA) is 138 Å². The van der Waals surface area contributed by atoms with E-state index in [1.165, 1.54) is 60.7 Å². The van der Waals surface area contributed by atoms with Crippen molar-refractivity contribution in [2.75, 3.05) is 7.11 Å². The zero-order valence-electron chi connectivity index (χ0n) is 20.3. The summed E-state index contributed by atoms with van der Waals surface area (Å²) in [4.78, 5) is 55.2. The number of carbonyl (C=O) groups excluding carboxylic acids is 4. The Bertz CT molecular complexity index is 1860. The van der Waals surface area contributed by atoms with E-state index in [1.807, 2.05) is 0 Å². The van der Waals surface area contributed by atoms with E-state index in [2.05, 4.69) is 0 Å². The fraction of sp³-hybridized carbons (Fsp3) is 0.0968. The molecule has 0 amide bonds. The highest BCUT2D eigenvalue weighted by atomic mass is 16.5. The fourth-order valence-corrected chi connectivity index (χ4v) is 6.97. The summed E-state index contributed by atoms with van der Waals surface area (Å²) in [5, 5.41) is 32.5. The number of ketones is 3. The number of methoxy groups -OCH3 is 1. The third-order valence-electron chi connectivity index (χ3n) is 8.33. The van der Waals surface area contributed by atoms with E-state index in [0.717, 1.165) is 7.11 Å². The SMILES string of the molecule is COC(=O)[C@]12C(=O)c3c(O)cccc3C1=C1C=CC(=O)c3c(O)ccc(c31)[C@]21C=CC(=O)c2c(O)cccc21. The Morgan fingerprint density at radius 1 is 0.718 bits per heavy atom. The van der Waals surface area contributed by atoms with Crippen molar-refractivity contribution in [3.05, 3.63) is 112 Å². The van der Waals surface area contributed by atoms with Crippen LogP contribution in [0, 0.1) is 5.41 Å². The van der Waals surface area contributed by atoms with Crippen LogP contribution in [-0.2, 0) is 14.9 Å². The molecule has 7 rings (SSSR count). The number of hydrogen-bond donors (Lipinski definition) is 3. The molecule has 0 radical (unpaired) electrons. The molecule has 0 heterocycles. The lowest BCUT2D eigenvalue weighted by Crippen LogP contribution is -2.58. The molecule has 0 bridgehead atoms. The monoisotopic (exact) mass is 518 g/mol. The normalized spacial score (nSPS) is 23.5. The van der Waals surface area contributed by atoms with E-state index in [4.69, 9.17) is 4.74 Å². The Morgan fingerprint density at radius 2 is 1.36 bits per heavy atom. The molecule has 4 aliphatic carbocycles. The third kappa shape index (κ3) is 2.31. The molecule has 0 aromatic heterocycles. The second kappa shape index (κ2) is 7.20. The number of phenols is 3. The van der Waals surface area contributed by atoms with Crippen LogP contribution in [0.5, 0.6) is 17.2 Å². The van der Waals surface area contributed by atoms with Gasteiger partial charge < -0.3 is 20.1 Å². The highest BCUT2D eigenvalue weighted by molar-refractivity contribution is 6.36. The molecule has 0 saturated carbocycles. The Morgan fingerprint density at radius 3 is 2.10 bits per heavy atom. The molecule has 2 atom stereocenters. The maximum absolute atomic E-state index is 14.7. The standard InChI is InChI=1S/C31H18O8/c1-39-29(38)31-27(14-4-2-6-18(32)24(14)28(31)37)15-8-10-20(34)26-21(35)11-9-17(23(15)26)30(31)13-12-22(36)25-16(30)5-3-7-19(25)33/h2-13,32-33,35H,1H3/t30-,31-/m1/s1. The van der Waals surface area contributed by atoms with Crippen molar-refractivity contribution in [3.63, 3.8) is 0 Å². The van der Waals surface area contributed by atoms with E-state index in [0.29, 0.717) is 5.57 Å². The van der Waals surface area contributed by atoms with Gasteiger partial charge in [0.1, 0.15) is 17.2 Å². The largest absolute Gasteiger partial charge is 0.507 e. The minimum absolute atomic E-state index is 0.0246. The molecule has 39 heavy (non-hydrogen) atoms. The predicted octanol–water partition coefficient (Wildman–Crippen LogP) is 3.87. The molecule has 8 nitrogen and oxygen atoms in total. The Hall–Kier alpha value is -5.24. The molecule has 190 valence electrons. The summed E-state index contributed by atoms with van der Waals surface area (Å²) in [6.07, 6.45) is 5.35. The predicted molar refractivity (Wildman–Crippen MR) is 138 cm³/mol. The Labute approximate surface area is 220 Å². The summed E-state index contributed by atoms with van der Waals surface area (Å²) in [6, 6.07) is 11.6. The van der Waals surface area contributed by atoms with Crippen molar-refractivity contribution in [2.24, 2.45) is 5.41 Å². The summed E-state index contributed by atoms with van der Waals surface area (Å²) in [7, 11) is 1.14. The van der Waals surface area contributed by atoms with Crippen LogP contribution in [0.15, 0.2) is 72.8 Å². The van der Waals surface area contributed by atoms with Crippen molar-refractivity contribution in [1.29, 1.82) is 0 Å². The van der Waals surface area contributed by atoms with Gasteiger partial charge in [0.15, 0.2) is 22.8 Å². The zero-order chi connectivity index (χ0) is 27.4. The van der Waals surface area contributed by atoms with Crippen LogP contribution in [0.1, 0.15) is 53.3 Å². The van der Waals surface area contributed by atoms with E-state index in [1.54, 1.807) is 12.1 Å². The molecular formula is C31H18O8. The fourth-order valence-electron chi connectivity index (χ4n) is 6.97. The highest BCUT2D eigenvalue weighted by Gasteiger charge is 2.72. The zero-order valence-corrected chi connectivity index (χ0v) is 20.3. The molecule has 4 aliphatic rings. The van der Waals surface area contributed by atoms with Gasteiger partial charge in [-0.15, -0.1) is 0 Å². The number of phenolic OH excluding ortho intramolecular Hbond substituents is 3. The minimum Gasteiger partial charge on any atom is -0.507 e. The van der Waals surface area contributed by atoms with E-state index in [-0.39, 0.29) is 61.8 Å². The van der Waals surface area contributed by atoms with Crippen LogP contribution in [0.25, 0.3) is 11.1 Å². The minimum atomic E-state index is -2.20. The first-order chi connectivity index (χ1) is 18.7. The van der Waals surface area contributed by atoms with Gasteiger partial charge in [-0.25, -0.2) is 0 Å². The summed E-state index contributed by atoms with van der Waals surface area (Å²) in [5.74, 6) is -3.75. The van der Waals surface area contributed by atoms with Crippen LogP contribution in [0.4, 0.5) is 0 Å². The first-order valence-corrected chi connectivity index (χ1v) is 12.1. The number of benzene rings is 3. The molecule has 0 fully saturated rings. The van der Waals surface area contributed by atoms with E-state index < -0.39 is 34.1 Å². The number of ether oxygens (including phenoxy) is 1. The van der Waals surface area contributed by atoms with Gasteiger partial charge in [-0.1, -0.05) is 42.5 Å². The van der Waals surface area contributed by atoms with Gasteiger partial charge in [-0.05, 0) is 58.2 Å². The quantitative estimate of drug-likeness (QED) is 0.326. The van der Waals surface area contributed by atoms with Gasteiger partial charge in [0.05, 0.1) is 29.2 Å². The van der Waals surface area contributed by atoms with Gasteiger partial charge in [0.25, 0.3) is 0 Å². The number of rotatable bonds is 1. The summed E-state index contributed by atoms with van der Waals surface area (Å²) in [6.45, 7) is 0. The molecule has 0 unspecified atom stereocenters. The number of fused-ring (bicyclic) bond motifs is 7. The molecule has 3 aromatic rings. The molecular weight excluding hydrogens is 500 g/mol. The lowest BCUT2D eigenvalue weighted by atomic mass is 9.47. The van der Waals surface area contributed by atoms with Gasteiger partial charge in [-0.2, -0.15) is 0 Å². The van der Waals surface area contributed by atoms with Crippen LogP contribution in [0.2, 0.25) is 0 Å². The van der Waals surface area contributed by atoms with Crippen LogP contribution in [-0.4, -0.2) is 45.7 Å². The van der Waals surface area contributed by atoms with Crippen molar-refractivity contribution in [1.82, 2.24) is 0 Å². The maximum Gasteiger partial charge on any atom is 0.325 e. The molecule has 3 N–H and O–H groups in total. The number of hydrogen-bond acceptors (Lipinski definition) is 8. The van der Waals surface area contributed by atoms with Crippen molar-refractivity contribution < 1.29 is 39.2 Å². The third-order valence-corrected chi connectivity index (χ3v) is 8.33. The maximum atomic E-state index is 14.7. The summed E-state index contributed by atoms with van der Waals surface area (Å²) < 4.78 is 5.34. The van der Waals surface area contributed by atoms with Crippen molar-refractivity contribution in [2.45, 2.75) is 5.41 Å². The van der Waals surface area contributed by atoms with Crippen LogP contribution in [0.3, 0.4) is 0 Å². The average molecular weight is 518 g/mol. The van der Waals surface area contributed by atoms with Crippen LogP contribution < -0.4 is 0 Å². The lowest BCUT2D eigenvalue weighted by Gasteiger charge is -2.51. The number of aromatic hydroxyl groups is 3. The Balaban J connectivity index is 1.82. The number of allylic oxidation sites excluding steroid dienone is 5. The first kappa shape index (κ1) is 22.9.